The van der Waals surface area contributed by atoms with Gasteiger partial charge in [-0.2, -0.15) is 0 Å². The normalized spacial score (nSPS) is 21.9. The third kappa shape index (κ3) is 1.98. The number of carbonyl (C=O) groups excluding carboxylic acids is 1. The minimum atomic E-state index is -0.132. The topological polar surface area (TPSA) is 38.3 Å². The zero-order valence-electron chi connectivity index (χ0n) is 11.2. The number of fused-ring (bicyclic) bond motifs is 1. The van der Waals surface area contributed by atoms with Gasteiger partial charge in [-0.15, -0.1) is 0 Å². The number of anilines is 1. The van der Waals surface area contributed by atoms with Crippen LogP contribution < -0.4 is 10.1 Å². The van der Waals surface area contributed by atoms with Crippen molar-refractivity contribution in [2.24, 2.45) is 5.41 Å². The van der Waals surface area contributed by atoms with Crippen molar-refractivity contribution in [1.29, 1.82) is 0 Å². The molecule has 1 aromatic carbocycles. The highest BCUT2D eigenvalue weighted by atomic mass is 16.5. The van der Waals surface area contributed by atoms with E-state index in [-0.39, 0.29) is 16.9 Å². The first-order valence-electron chi connectivity index (χ1n) is 6.51. The largest absolute Gasteiger partial charge is 0.487 e. The van der Waals surface area contributed by atoms with Gasteiger partial charge in [-0.3, -0.25) is 4.79 Å². The number of rotatable bonds is 2. The molecule has 1 N–H and O–H groups in total. The molecule has 1 aliphatic carbocycles. The average Bonchev–Trinajstić information content (AvgIpc) is 2.93. The van der Waals surface area contributed by atoms with E-state index < -0.39 is 0 Å². The highest BCUT2D eigenvalue weighted by Gasteiger charge is 2.44. The minimum Gasteiger partial charge on any atom is -0.487 e. The quantitative estimate of drug-likeness (QED) is 0.869. The third-order valence-corrected chi connectivity index (χ3v) is 3.87. The molecule has 3 nitrogen and oxygen atoms in total. The van der Waals surface area contributed by atoms with E-state index in [2.05, 4.69) is 19.2 Å². The Morgan fingerprint density at radius 2 is 2.00 bits per heavy atom. The molecule has 0 spiro atoms. The molecule has 3 heteroatoms. The number of hydrogen-bond acceptors (Lipinski definition) is 2. The summed E-state index contributed by atoms with van der Waals surface area (Å²) in [6.45, 7) is 6.18. The molecule has 1 heterocycles. The maximum atomic E-state index is 12.0. The standard InChI is InChI=1S/C15H19NO2/c1-14(2)9-10-8-11(4-5-12(10)18-14)16-13(17)15(3)6-7-15/h4-5,8H,6-7,9H2,1-3H3,(H,16,17). The van der Waals surface area contributed by atoms with Gasteiger partial charge in [-0.1, -0.05) is 6.92 Å². The van der Waals surface area contributed by atoms with Gasteiger partial charge >= 0.3 is 0 Å². The molecule has 1 amide bonds. The molecular weight excluding hydrogens is 226 g/mol. The molecule has 96 valence electrons. The first kappa shape index (κ1) is 11.6. The number of ether oxygens (including phenoxy) is 1. The summed E-state index contributed by atoms with van der Waals surface area (Å²) < 4.78 is 5.82. The molecule has 0 aromatic heterocycles. The van der Waals surface area contributed by atoms with E-state index in [1.807, 2.05) is 25.1 Å². The second-order valence-electron chi connectivity index (χ2n) is 6.38. The fraction of sp³-hybridized carbons (Fsp3) is 0.533. The third-order valence-electron chi connectivity index (χ3n) is 3.87. The van der Waals surface area contributed by atoms with Crippen LogP contribution in [0.3, 0.4) is 0 Å². The number of amides is 1. The van der Waals surface area contributed by atoms with Crippen molar-refractivity contribution in [3.63, 3.8) is 0 Å². The van der Waals surface area contributed by atoms with Crippen molar-refractivity contribution in [2.75, 3.05) is 5.32 Å². The molecule has 1 aromatic rings. The van der Waals surface area contributed by atoms with Crippen molar-refractivity contribution < 1.29 is 9.53 Å². The van der Waals surface area contributed by atoms with Gasteiger partial charge < -0.3 is 10.1 Å². The van der Waals surface area contributed by atoms with Crippen molar-refractivity contribution in [3.8, 4) is 5.75 Å². The van der Waals surface area contributed by atoms with Gasteiger partial charge in [-0.25, -0.2) is 0 Å². The predicted molar refractivity (Wildman–Crippen MR) is 70.8 cm³/mol. The smallest absolute Gasteiger partial charge is 0.230 e. The minimum absolute atomic E-state index is 0.130. The van der Waals surface area contributed by atoms with Gasteiger partial charge in [0.2, 0.25) is 5.91 Å². The summed E-state index contributed by atoms with van der Waals surface area (Å²) in [6.07, 6.45) is 2.89. The van der Waals surface area contributed by atoms with Crippen LogP contribution in [-0.2, 0) is 11.2 Å². The van der Waals surface area contributed by atoms with Crippen LogP contribution >= 0.6 is 0 Å². The summed E-state index contributed by atoms with van der Waals surface area (Å²) in [5.41, 5.74) is 1.80. The summed E-state index contributed by atoms with van der Waals surface area (Å²) in [6, 6.07) is 5.91. The lowest BCUT2D eigenvalue weighted by Crippen LogP contribution is -2.24. The zero-order chi connectivity index (χ0) is 13.0. The number of hydrogen-bond donors (Lipinski definition) is 1. The first-order valence-corrected chi connectivity index (χ1v) is 6.51. The Balaban J connectivity index is 1.78. The highest BCUT2D eigenvalue weighted by Crippen LogP contribution is 2.46. The van der Waals surface area contributed by atoms with Crippen LogP contribution in [-0.4, -0.2) is 11.5 Å². The molecule has 3 rings (SSSR count). The Bertz CT molecular complexity index is 515. The SMILES string of the molecule is CC1(C)Cc2cc(NC(=O)C3(C)CC3)ccc2O1. The fourth-order valence-electron chi connectivity index (χ4n) is 2.38. The molecule has 18 heavy (non-hydrogen) atoms. The zero-order valence-corrected chi connectivity index (χ0v) is 11.2. The Morgan fingerprint density at radius 3 is 2.67 bits per heavy atom. The van der Waals surface area contributed by atoms with E-state index in [0.29, 0.717) is 0 Å². The van der Waals surface area contributed by atoms with E-state index in [9.17, 15) is 4.79 Å². The van der Waals surface area contributed by atoms with Crippen LogP contribution in [0, 0.1) is 5.41 Å². The molecule has 2 aliphatic rings. The molecule has 1 saturated carbocycles. The van der Waals surface area contributed by atoms with Crippen LogP contribution in [0.4, 0.5) is 5.69 Å². The van der Waals surface area contributed by atoms with Gasteiger partial charge in [0.1, 0.15) is 11.4 Å². The van der Waals surface area contributed by atoms with Crippen LogP contribution in [0.1, 0.15) is 39.2 Å². The van der Waals surface area contributed by atoms with E-state index in [1.54, 1.807) is 0 Å². The summed E-state index contributed by atoms with van der Waals surface area (Å²) in [5, 5.41) is 3.01. The van der Waals surface area contributed by atoms with E-state index in [1.165, 1.54) is 5.56 Å². The van der Waals surface area contributed by atoms with Crippen LogP contribution in [0.5, 0.6) is 5.75 Å². The van der Waals surface area contributed by atoms with Crippen molar-refractivity contribution in [3.05, 3.63) is 23.8 Å². The fourth-order valence-corrected chi connectivity index (χ4v) is 2.38. The summed E-state index contributed by atoms with van der Waals surface area (Å²) in [4.78, 5) is 12.0. The number of benzene rings is 1. The molecule has 0 saturated heterocycles. The Kier molecular flexibility index (Phi) is 2.25. The predicted octanol–water partition coefficient (Wildman–Crippen LogP) is 3.14. The van der Waals surface area contributed by atoms with Gasteiger partial charge in [0.25, 0.3) is 0 Å². The maximum absolute atomic E-state index is 12.0. The molecule has 1 aliphatic heterocycles. The second-order valence-corrected chi connectivity index (χ2v) is 6.38. The van der Waals surface area contributed by atoms with E-state index in [0.717, 1.165) is 30.7 Å². The number of carbonyl (C=O) groups is 1. The highest BCUT2D eigenvalue weighted by molar-refractivity contribution is 5.97. The van der Waals surface area contributed by atoms with Crippen molar-refractivity contribution in [1.82, 2.24) is 0 Å². The molecular formula is C15H19NO2. The average molecular weight is 245 g/mol. The Morgan fingerprint density at radius 1 is 1.28 bits per heavy atom. The Hall–Kier alpha value is -1.51. The van der Waals surface area contributed by atoms with Gasteiger partial charge in [0, 0.05) is 23.1 Å². The van der Waals surface area contributed by atoms with Crippen LogP contribution in [0.2, 0.25) is 0 Å². The maximum Gasteiger partial charge on any atom is 0.230 e. The van der Waals surface area contributed by atoms with Crippen LogP contribution in [0.25, 0.3) is 0 Å². The molecule has 0 bridgehead atoms. The lowest BCUT2D eigenvalue weighted by molar-refractivity contribution is -0.120. The van der Waals surface area contributed by atoms with Crippen molar-refractivity contribution in [2.45, 2.75) is 45.6 Å². The molecule has 1 fully saturated rings. The van der Waals surface area contributed by atoms with Gasteiger partial charge in [0.05, 0.1) is 0 Å². The summed E-state index contributed by atoms with van der Waals surface area (Å²) in [7, 11) is 0. The van der Waals surface area contributed by atoms with E-state index in [4.69, 9.17) is 4.74 Å². The number of nitrogens with one attached hydrogen (secondary N) is 1. The van der Waals surface area contributed by atoms with Crippen molar-refractivity contribution >= 4 is 11.6 Å². The van der Waals surface area contributed by atoms with Crippen LogP contribution in [0.15, 0.2) is 18.2 Å². The molecule has 0 atom stereocenters. The lowest BCUT2D eigenvalue weighted by atomic mass is 10.0. The molecule has 0 radical (unpaired) electrons. The van der Waals surface area contributed by atoms with Gasteiger partial charge in [-0.05, 0) is 44.9 Å². The summed E-state index contributed by atoms with van der Waals surface area (Å²) >= 11 is 0. The lowest BCUT2D eigenvalue weighted by Gasteiger charge is -2.16. The summed E-state index contributed by atoms with van der Waals surface area (Å²) in [5.74, 6) is 1.08. The Labute approximate surface area is 108 Å². The first-order chi connectivity index (χ1) is 8.38. The second kappa shape index (κ2) is 3.50. The molecule has 0 unspecified atom stereocenters. The van der Waals surface area contributed by atoms with E-state index >= 15 is 0 Å². The van der Waals surface area contributed by atoms with Gasteiger partial charge in [0.15, 0.2) is 0 Å². The monoisotopic (exact) mass is 245 g/mol.